The van der Waals surface area contributed by atoms with Gasteiger partial charge in [-0.15, -0.1) is 0 Å². The van der Waals surface area contributed by atoms with Gasteiger partial charge in [-0.3, -0.25) is 10.1 Å². The van der Waals surface area contributed by atoms with E-state index < -0.39 is 28.1 Å². The molecule has 0 spiro atoms. The van der Waals surface area contributed by atoms with Crippen LogP contribution in [0, 0.1) is 34.5 Å². The number of anilines is 2. The van der Waals surface area contributed by atoms with E-state index in [-0.39, 0.29) is 16.9 Å². The van der Waals surface area contributed by atoms with Crippen molar-refractivity contribution in [3.05, 3.63) is 63.5 Å². The molecule has 0 unspecified atom stereocenters. The van der Waals surface area contributed by atoms with Gasteiger partial charge in [0.1, 0.15) is 17.5 Å². The fourth-order valence-electron chi connectivity index (χ4n) is 1.65. The van der Waals surface area contributed by atoms with Gasteiger partial charge >= 0.3 is 0 Å². The first-order valence-electron chi connectivity index (χ1n) is 5.54. The Morgan fingerprint density at radius 1 is 1.05 bits per heavy atom. The molecule has 0 bridgehead atoms. The maximum absolute atomic E-state index is 13.6. The lowest BCUT2D eigenvalue weighted by Gasteiger charge is -2.09. The molecule has 0 fully saturated rings. The van der Waals surface area contributed by atoms with Crippen molar-refractivity contribution >= 4 is 17.1 Å². The van der Waals surface area contributed by atoms with Crippen molar-refractivity contribution in [2.75, 3.05) is 5.32 Å². The molecule has 20 heavy (non-hydrogen) atoms. The maximum Gasteiger partial charge on any atom is 0.274 e. The van der Waals surface area contributed by atoms with E-state index in [1.54, 1.807) is 0 Å². The average Bonchev–Trinajstić information content (AvgIpc) is 2.35. The number of nitrogens with zero attached hydrogens (tertiary/aromatic N) is 1. The number of hydrogen-bond acceptors (Lipinski definition) is 3. The molecule has 0 aliphatic heterocycles. The number of benzene rings is 2. The lowest BCUT2D eigenvalue weighted by molar-refractivity contribution is -0.385. The number of non-ortho nitro benzene ring substituents is 1. The van der Waals surface area contributed by atoms with Crippen molar-refractivity contribution < 1.29 is 18.1 Å². The largest absolute Gasteiger partial charge is 0.353 e. The standard InChI is InChI=1S/C13H9F3N2O2/c1-7-2-12(16)13(6-11(7)15)17-9-3-8(14)4-10(5-9)18(19)20/h2-6,17H,1H3. The summed E-state index contributed by atoms with van der Waals surface area (Å²) in [6, 6.07) is 4.59. The van der Waals surface area contributed by atoms with E-state index >= 15 is 0 Å². The van der Waals surface area contributed by atoms with Crippen LogP contribution in [0.5, 0.6) is 0 Å². The van der Waals surface area contributed by atoms with Gasteiger partial charge in [0, 0.05) is 17.8 Å². The lowest BCUT2D eigenvalue weighted by atomic mass is 10.2. The topological polar surface area (TPSA) is 55.2 Å². The normalized spacial score (nSPS) is 10.4. The van der Waals surface area contributed by atoms with E-state index in [2.05, 4.69) is 5.32 Å². The van der Waals surface area contributed by atoms with Crippen molar-refractivity contribution in [1.29, 1.82) is 0 Å². The van der Waals surface area contributed by atoms with Crippen LogP contribution in [0.15, 0.2) is 30.3 Å². The quantitative estimate of drug-likeness (QED) is 0.682. The van der Waals surface area contributed by atoms with Crippen LogP contribution in [-0.4, -0.2) is 4.92 Å². The predicted molar refractivity (Wildman–Crippen MR) is 67.4 cm³/mol. The van der Waals surface area contributed by atoms with Crippen LogP contribution in [0.4, 0.5) is 30.2 Å². The first kappa shape index (κ1) is 13.9. The molecule has 0 aliphatic carbocycles. The minimum atomic E-state index is -0.852. The molecule has 0 amide bonds. The number of nitrogens with one attached hydrogen (secondary N) is 1. The summed E-state index contributed by atoms with van der Waals surface area (Å²) in [4.78, 5) is 9.82. The van der Waals surface area contributed by atoms with E-state index in [1.165, 1.54) is 6.92 Å². The number of nitro groups is 1. The van der Waals surface area contributed by atoms with Gasteiger partial charge in [0.2, 0.25) is 0 Å². The minimum Gasteiger partial charge on any atom is -0.353 e. The monoisotopic (exact) mass is 282 g/mol. The molecule has 0 saturated carbocycles. The Morgan fingerprint density at radius 3 is 2.40 bits per heavy atom. The third kappa shape index (κ3) is 2.87. The second kappa shape index (κ2) is 5.20. The highest BCUT2D eigenvalue weighted by molar-refractivity contribution is 5.63. The van der Waals surface area contributed by atoms with E-state index in [4.69, 9.17) is 0 Å². The third-order valence-electron chi connectivity index (χ3n) is 2.62. The van der Waals surface area contributed by atoms with Crippen molar-refractivity contribution in [3.8, 4) is 0 Å². The van der Waals surface area contributed by atoms with Crippen LogP contribution in [0.1, 0.15) is 5.56 Å². The number of rotatable bonds is 3. The number of aryl methyl sites for hydroxylation is 1. The third-order valence-corrected chi connectivity index (χ3v) is 2.62. The van der Waals surface area contributed by atoms with E-state index in [1.807, 2.05) is 0 Å². The summed E-state index contributed by atoms with van der Waals surface area (Å²) in [6.07, 6.45) is 0. The second-order valence-electron chi connectivity index (χ2n) is 4.16. The smallest absolute Gasteiger partial charge is 0.274 e. The fraction of sp³-hybridized carbons (Fsp3) is 0.0769. The van der Waals surface area contributed by atoms with Crippen LogP contribution in [-0.2, 0) is 0 Å². The van der Waals surface area contributed by atoms with Crippen molar-refractivity contribution in [3.63, 3.8) is 0 Å². The molecule has 104 valence electrons. The zero-order valence-corrected chi connectivity index (χ0v) is 10.3. The molecule has 0 radical (unpaired) electrons. The summed E-state index contributed by atoms with van der Waals surface area (Å²) in [7, 11) is 0. The molecule has 0 saturated heterocycles. The van der Waals surface area contributed by atoms with Gasteiger partial charge < -0.3 is 5.32 Å². The van der Waals surface area contributed by atoms with Crippen LogP contribution < -0.4 is 5.32 Å². The Bertz CT molecular complexity index is 690. The highest BCUT2D eigenvalue weighted by atomic mass is 19.1. The van der Waals surface area contributed by atoms with Gasteiger partial charge in [0.15, 0.2) is 0 Å². The summed E-state index contributed by atoms with van der Waals surface area (Å²) < 4.78 is 40.2. The van der Waals surface area contributed by atoms with Gasteiger partial charge in [-0.25, -0.2) is 13.2 Å². The maximum atomic E-state index is 13.6. The Kier molecular flexibility index (Phi) is 3.60. The molecule has 0 atom stereocenters. The van der Waals surface area contributed by atoms with Gasteiger partial charge in [-0.1, -0.05) is 0 Å². The molecule has 4 nitrogen and oxygen atoms in total. The summed E-state index contributed by atoms with van der Waals surface area (Å²) in [5, 5.41) is 13.0. The van der Waals surface area contributed by atoms with Crippen molar-refractivity contribution in [2.45, 2.75) is 6.92 Å². The molecule has 2 aromatic carbocycles. The van der Waals surface area contributed by atoms with Crippen LogP contribution >= 0.6 is 0 Å². The highest BCUT2D eigenvalue weighted by Crippen LogP contribution is 2.26. The summed E-state index contributed by atoms with van der Waals surface area (Å²) in [6.45, 7) is 1.40. The van der Waals surface area contributed by atoms with Gasteiger partial charge in [0.25, 0.3) is 5.69 Å². The molecular weight excluding hydrogens is 273 g/mol. The van der Waals surface area contributed by atoms with E-state index in [0.717, 1.165) is 30.3 Å². The highest BCUT2D eigenvalue weighted by Gasteiger charge is 2.12. The SMILES string of the molecule is Cc1cc(F)c(Nc2cc(F)cc([N+](=O)[O-])c2)cc1F. The molecule has 0 aromatic heterocycles. The zero-order valence-electron chi connectivity index (χ0n) is 10.3. The number of nitro benzene ring substituents is 1. The molecule has 2 aromatic rings. The predicted octanol–water partition coefficient (Wildman–Crippen LogP) is 4.06. The first-order valence-corrected chi connectivity index (χ1v) is 5.54. The lowest BCUT2D eigenvalue weighted by Crippen LogP contribution is -1.98. The van der Waals surface area contributed by atoms with Gasteiger partial charge in [-0.05, 0) is 24.6 Å². The molecule has 2 rings (SSSR count). The summed E-state index contributed by atoms with van der Waals surface area (Å²) in [5.41, 5.74) is -0.634. The molecule has 7 heteroatoms. The van der Waals surface area contributed by atoms with E-state index in [0.29, 0.717) is 0 Å². The minimum absolute atomic E-state index is 0.0427. The Balaban J connectivity index is 2.40. The van der Waals surface area contributed by atoms with Crippen LogP contribution in [0.25, 0.3) is 0 Å². The van der Waals surface area contributed by atoms with Crippen molar-refractivity contribution in [2.24, 2.45) is 0 Å². The van der Waals surface area contributed by atoms with Crippen LogP contribution in [0.2, 0.25) is 0 Å². The second-order valence-corrected chi connectivity index (χ2v) is 4.16. The summed E-state index contributed by atoms with van der Waals surface area (Å²) in [5.74, 6) is -2.23. The van der Waals surface area contributed by atoms with Crippen LogP contribution in [0.3, 0.4) is 0 Å². The molecule has 1 N–H and O–H groups in total. The van der Waals surface area contributed by atoms with E-state index in [9.17, 15) is 23.3 Å². The number of hydrogen-bond donors (Lipinski definition) is 1. The number of halogens is 3. The Hall–Kier alpha value is -2.57. The molecule has 0 aliphatic rings. The van der Waals surface area contributed by atoms with Crippen molar-refractivity contribution in [1.82, 2.24) is 0 Å². The zero-order chi connectivity index (χ0) is 14.9. The van der Waals surface area contributed by atoms with Gasteiger partial charge in [-0.2, -0.15) is 0 Å². The molecule has 0 heterocycles. The average molecular weight is 282 g/mol. The Morgan fingerprint density at radius 2 is 1.75 bits per heavy atom. The molecular formula is C13H9F3N2O2. The first-order chi connectivity index (χ1) is 9.36. The summed E-state index contributed by atoms with van der Waals surface area (Å²) >= 11 is 0. The fourth-order valence-corrected chi connectivity index (χ4v) is 1.65. The van der Waals surface area contributed by atoms with Gasteiger partial charge in [0.05, 0.1) is 16.7 Å². The Labute approximate surface area is 112 Å².